The molecule has 0 aliphatic carbocycles. The summed E-state index contributed by atoms with van der Waals surface area (Å²) >= 11 is 7.87. The number of carbonyl (C=O) groups is 1. The smallest absolute Gasteiger partial charge is 0.319 e. The summed E-state index contributed by atoms with van der Waals surface area (Å²) in [4.78, 5) is 12.7. The van der Waals surface area contributed by atoms with Gasteiger partial charge in [0.2, 0.25) is 0 Å². The number of nitriles is 1. The number of aromatic nitrogens is 3. The highest BCUT2D eigenvalue weighted by molar-refractivity contribution is 7.98. The average Bonchev–Trinajstić information content (AvgIpc) is 3.33. The molecule has 0 radical (unpaired) electrons. The van der Waals surface area contributed by atoms with E-state index in [1.54, 1.807) is 31.4 Å². The fourth-order valence-corrected chi connectivity index (χ4v) is 4.77. The van der Waals surface area contributed by atoms with E-state index in [2.05, 4.69) is 26.9 Å². The van der Waals surface area contributed by atoms with Gasteiger partial charge in [-0.3, -0.25) is 4.57 Å². The zero-order chi connectivity index (χ0) is 26.4. The van der Waals surface area contributed by atoms with Crippen molar-refractivity contribution in [3.8, 4) is 17.5 Å². The van der Waals surface area contributed by atoms with Crippen LogP contribution >= 0.6 is 23.4 Å². The Morgan fingerprint density at radius 3 is 2.76 bits per heavy atom. The Kier molecular flexibility index (Phi) is 8.33. The first kappa shape index (κ1) is 26.1. The van der Waals surface area contributed by atoms with E-state index < -0.39 is 12.1 Å². The second-order valence-corrected chi connectivity index (χ2v) is 9.64. The van der Waals surface area contributed by atoms with Crippen LogP contribution in [-0.4, -0.2) is 27.9 Å². The van der Waals surface area contributed by atoms with E-state index in [1.165, 1.54) is 11.8 Å². The number of rotatable bonds is 8. The van der Waals surface area contributed by atoms with Gasteiger partial charge in [0, 0.05) is 16.5 Å². The van der Waals surface area contributed by atoms with Gasteiger partial charge in [-0.25, -0.2) is 4.79 Å². The minimum absolute atomic E-state index is 0.425. The molecule has 2 amide bonds. The first-order valence-corrected chi connectivity index (χ1v) is 12.8. The zero-order valence-electron chi connectivity index (χ0n) is 20.5. The van der Waals surface area contributed by atoms with Crippen LogP contribution in [0, 0.1) is 18.3 Å². The summed E-state index contributed by atoms with van der Waals surface area (Å²) in [6.07, 6.45) is 0. The monoisotopic (exact) mass is 532 g/mol. The molecule has 0 spiro atoms. The van der Waals surface area contributed by atoms with Gasteiger partial charge < -0.3 is 15.4 Å². The van der Waals surface area contributed by atoms with Crippen LogP contribution < -0.4 is 15.4 Å². The van der Waals surface area contributed by atoms with Crippen molar-refractivity contribution in [2.75, 3.05) is 12.4 Å². The minimum atomic E-state index is -0.490. The van der Waals surface area contributed by atoms with Gasteiger partial charge in [0.15, 0.2) is 11.0 Å². The van der Waals surface area contributed by atoms with Gasteiger partial charge in [0.1, 0.15) is 5.75 Å². The lowest BCUT2D eigenvalue weighted by Gasteiger charge is -2.18. The molecule has 4 aromatic rings. The highest BCUT2D eigenvalue weighted by Crippen LogP contribution is 2.31. The summed E-state index contributed by atoms with van der Waals surface area (Å²) in [7, 11) is 1.64. The minimum Gasteiger partial charge on any atom is -0.497 e. The molecule has 1 aromatic heterocycles. The molecule has 2 N–H and O–H groups in total. The molecule has 0 aliphatic heterocycles. The van der Waals surface area contributed by atoms with E-state index in [-0.39, 0.29) is 0 Å². The quantitative estimate of drug-likeness (QED) is 0.259. The molecule has 0 bridgehead atoms. The molecule has 3 aromatic carbocycles. The van der Waals surface area contributed by atoms with Crippen molar-refractivity contribution in [3.63, 3.8) is 0 Å². The van der Waals surface area contributed by atoms with Gasteiger partial charge in [0.05, 0.1) is 30.5 Å². The third kappa shape index (κ3) is 6.42. The number of methoxy groups -OCH3 is 1. The summed E-state index contributed by atoms with van der Waals surface area (Å²) in [6, 6.07) is 21.3. The number of nitrogens with zero attached hydrogens (tertiary/aromatic N) is 4. The second kappa shape index (κ2) is 11.8. The lowest BCUT2D eigenvalue weighted by Crippen LogP contribution is -2.32. The first-order valence-electron chi connectivity index (χ1n) is 11.4. The maximum absolute atomic E-state index is 12.7. The summed E-state index contributed by atoms with van der Waals surface area (Å²) in [5, 5.41) is 24.9. The number of carbonyl (C=O) groups excluding carboxylic acids is 1. The van der Waals surface area contributed by atoms with Crippen LogP contribution in [0.25, 0.3) is 5.69 Å². The number of aryl methyl sites for hydroxylation is 1. The number of halogens is 1. The van der Waals surface area contributed by atoms with E-state index >= 15 is 0 Å². The lowest BCUT2D eigenvalue weighted by atomic mass is 10.2. The van der Waals surface area contributed by atoms with E-state index in [4.69, 9.17) is 21.6 Å². The average molecular weight is 533 g/mol. The second-order valence-electron chi connectivity index (χ2n) is 8.26. The number of anilines is 1. The number of thioether (sulfide) groups is 1. The van der Waals surface area contributed by atoms with Crippen molar-refractivity contribution in [1.29, 1.82) is 5.26 Å². The number of hydrogen-bond acceptors (Lipinski definition) is 6. The Morgan fingerprint density at radius 2 is 1.97 bits per heavy atom. The normalized spacial score (nSPS) is 11.4. The molecule has 8 nitrogen and oxygen atoms in total. The maximum Gasteiger partial charge on any atom is 0.319 e. The molecule has 0 fully saturated rings. The van der Waals surface area contributed by atoms with Crippen LogP contribution in [0.15, 0.2) is 71.9 Å². The summed E-state index contributed by atoms with van der Waals surface area (Å²) in [5.74, 6) is 1.99. The predicted molar refractivity (Wildman–Crippen MR) is 145 cm³/mol. The number of amides is 2. The Labute approximate surface area is 224 Å². The topological polar surface area (TPSA) is 105 Å². The molecule has 0 aliphatic rings. The number of nitrogens with one attached hydrogen (secondary N) is 2. The number of ether oxygens (including phenoxy) is 1. The molecule has 10 heteroatoms. The molecule has 1 unspecified atom stereocenters. The van der Waals surface area contributed by atoms with Crippen LogP contribution in [-0.2, 0) is 5.75 Å². The van der Waals surface area contributed by atoms with Crippen molar-refractivity contribution >= 4 is 35.1 Å². The lowest BCUT2D eigenvalue weighted by molar-refractivity contribution is 0.249. The van der Waals surface area contributed by atoms with Crippen molar-refractivity contribution in [3.05, 3.63) is 94.3 Å². The van der Waals surface area contributed by atoms with Crippen LogP contribution in [0.5, 0.6) is 5.75 Å². The van der Waals surface area contributed by atoms with Crippen LogP contribution in [0.1, 0.15) is 35.5 Å². The highest BCUT2D eigenvalue weighted by atomic mass is 35.5. The molecule has 188 valence electrons. The first-order chi connectivity index (χ1) is 17.9. The molecule has 1 atom stereocenters. The Morgan fingerprint density at radius 1 is 1.16 bits per heavy atom. The van der Waals surface area contributed by atoms with Crippen molar-refractivity contribution in [2.24, 2.45) is 0 Å². The van der Waals surface area contributed by atoms with Gasteiger partial charge in [-0.15, -0.1) is 10.2 Å². The predicted octanol–water partition coefficient (Wildman–Crippen LogP) is 6.28. The SMILES string of the molecule is COc1cccc(CSc2nnc(C(C)NC(=O)Nc3cccc(C#N)c3)n2-c2cc(Cl)ccc2C)c1. The fraction of sp³-hybridized carbons (Fsp3) is 0.185. The van der Waals surface area contributed by atoms with E-state index in [0.717, 1.165) is 22.6 Å². The van der Waals surface area contributed by atoms with Gasteiger partial charge >= 0.3 is 6.03 Å². The van der Waals surface area contributed by atoms with E-state index in [9.17, 15) is 4.79 Å². The van der Waals surface area contributed by atoms with E-state index in [1.807, 2.05) is 60.9 Å². The zero-order valence-corrected chi connectivity index (χ0v) is 22.1. The van der Waals surface area contributed by atoms with Crippen molar-refractivity contribution in [1.82, 2.24) is 20.1 Å². The summed E-state index contributed by atoms with van der Waals surface area (Å²) in [6.45, 7) is 3.82. The summed E-state index contributed by atoms with van der Waals surface area (Å²) in [5.41, 5.74) is 3.87. The van der Waals surface area contributed by atoms with Gasteiger partial charge in [0.25, 0.3) is 0 Å². The molecular formula is C27H25ClN6O2S. The largest absolute Gasteiger partial charge is 0.497 e. The van der Waals surface area contributed by atoms with Crippen molar-refractivity contribution < 1.29 is 9.53 Å². The fourth-order valence-electron chi connectivity index (χ4n) is 3.71. The number of hydrogen-bond donors (Lipinski definition) is 2. The van der Waals surface area contributed by atoms with Crippen LogP contribution in [0.3, 0.4) is 0 Å². The van der Waals surface area contributed by atoms with Gasteiger partial charge in [-0.2, -0.15) is 5.26 Å². The Bertz CT molecular complexity index is 1470. The van der Waals surface area contributed by atoms with Crippen LogP contribution in [0.2, 0.25) is 5.02 Å². The highest BCUT2D eigenvalue weighted by Gasteiger charge is 2.22. The molecule has 0 saturated heterocycles. The molecule has 37 heavy (non-hydrogen) atoms. The summed E-state index contributed by atoms with van der Waals surface area (Å²) < 4.78 is 7.26. The van der Waals surface area contributed by atoms with Crippen molar-refractivity contribution in [2.45, 2.75) is 30.8 Å². The number of benzene rings is 3. The Hall–Kier alpha value is -4.00. The standard InChI is InChI=1S/C27H25ClN6O2S/c1-17-10-11-21(28)14-24(17)34-25(18(2)30-26(35)31-22-8-4-6-19(12-22)15-29)32-33-27(34)37-16-20-7-5-9-23(13-20)36-3/h4-14,18H,16H2,1-3H3,(H2,30,31,35). The van der Waals surface area contributed by atoms with E-state index in [0.29, 0.717) is 33.0 Å². The van der Waals surface area contributed by atoms with Crippen LogP contribution in [0.4, 0.5) is 10.5 Å². The molecule has 4 rings (SSSR count). The third-order valence-corrected chi connectivity index (χ3v) is 6.79. The molecule has 1 heterocycles. The molecule has 0 saturated carbocycles. The van der Waals surface area contributed by atoms with Gasteiger partial charge in [-0.1, -0.05) is 47.6 Å². The number of urea groups is 1. The molecular weight excluding hydrogens is 508 g/mol. The third-order valence-electron chi connectivity index (χ3n) is 5.56. The van der Waals surface area contributed by atoms with Gasteiger partial charge in [-0.05, 0) is 67.4 Å². The maximum atomic E-state index is 12.7. The Balaban J connectivity index is 1.60.